The lowest BCUT2D eigenvalue weighted by atomic mass is 9.84. The quantitative estimate of drug-likeness (QED) is 0.437. The minimum absolute atomic E-state index is 0.0765. The monoisotopic (exact) mass is 544 g/mol. The molecule has 0 bridgehead atoms. The number of fused-ring (bicyclic) bond motifs is 2. The van der Waals surface area contributed by atoms with Crippen LogP contribution in [0.15, 0.2) is 30.6 Å². The highest BCUT2D eigenvalue weighted by molar-refractivity contribution is 5.93. The summed E-state index contributed by atoms with van der Waals surface area (Å²) >= 11 is 0. The predicted molar refractivity (Wildman–Crippen MR) is 150 cm³/mol. The summed E-state index contributed by atoms with van der Waals surface area (Å²) in [6.45, 7) is 12.9. The number of hydrogen-bond acceptors (Lipinski definition) is 9. The molecule has 1 aliphatic carbocycles. The predicted octanol–water partition coefficient (Wildman–Crippen LogP) is 4.26. The Morgan fingerprint density at radius 3 is 2.55 bits per heavy atom. The van der Waals surface area contributed by atoms with Crippen molar-refractivity contribution in [2.24, 2.45) is 17.6 Å². The van der Waals surface area contributed by atoms with E-state index >= 15 is 0 Å². The summed E-state index contributed by atoms with van der Waals surface area (Å²) < 4.78 is 11.8. The number of amides is 1. The van der Waals surface area contributed by atoms with Gasteiger partial charge in [0.1, 0.15) is 23.3 Å². The molecule has 2 fully saturated rings. The largest absolute Gasteiger partial charge is 0.470 e. The second kappa shape index (κ2) is 9.12. The molecule has 1 amide bonds. The van der Waals surface area contributed by atoms with Crippen LogP contribution in [-0.2, 0) is 15.1 Å². The Bertz CT molecular complexity index is 1520. The summed E-state index contributed by atoms with van der Waals surface area (Å²) in [7, 11) is 0. The van der Waals surface area contributed by atoms with Gasteiger partial charge in [-0.2, -0.15) is 0 Å². The van der Waals surface area contributed by atoms with E-state index in [4.69, 9.17) is 20.2 Å². The molecule has 6 rings (SSSR count). The summed E-state index contributed by atoms with van der Waals surface area (Å²) in [4.78, 5) is 40.8. The summed E-state index contributed by atoms with van der Waals surface area (Å²) in [5.41, 5.74) is 7.24. The molecular formula is C30H36N6O4. The van der Waals surface area contributed by atoms with Crippen LogP contribution in [0.3, 0.4) is 0 Å². The van der Waals surface area contributed by atoms with Gasteiger partial charge in [-0.15, -0.1) is 0 Å². The molecule has 2 aliphatic heterocycles. The van der Waals surface area contributed by atoms with E-state index in [1.807, 2.05) is 45.6 Å². The van der Waals surface area contributed by atoms with Crippen LogP contribution in [0.5, 0.6) is 5.88 Å². The number of pyridine rings is 3. The molecule has 0 radical (unpaired) electrons. The maximum Gasteiger partial charge on any atom is 0.340 e. The second-order valence-electron chi connectivity index (χ2n) is 12.6. The third-order valence-corrected chi connectivity index (χ3v) is 8.50. The van der Waals surface area contributed by atoms with Crippen LogP contribution in [0.4, 0.5) is 11.6 Å². The van der Waals surface area contributed by atoms with E-state index < -0.39 is 11.1 Å². The van der Waals surface area contributed by atoms with E-state index in [9.17, 15) is 9.59 Å². The van der Waals surface area contributed by atoms with E-state index in [1.165, 1.54) is 0 Å². The summed E-state index contributed by atoms with van der Waals surface area (Å²) in [6, 6.07) is 5.40. The SMILES string of the molecule is C[C@@H]1C[C@@H]1C(=O)N1CC(Oc2ncc(C(C)(C)N)c3cc(Nc4ccc5c(n4)[C@@H](C)C(C)(C)OC5=O)ncc23)C1. The van der Waals surface area contributed by atoms with Gasteiger partial charge in [0.15, 0.2) is 0 Å². The molecule has 10 heteroatoms. The minimum Gasteiger partial charge on any atom is -0.470 e. The van der Waals surface area contributed by atoms with Crippen LogP contribution in [0.25, 0.3) is 10.8 Å². The van der Waals surface area contributed by atoms with Crippen molar-refractivity contribution in [2.75, 3.05) is 18.4 Å². The van der Waals surface area contributed by atoms with Gasteiger partial charge >= 0.3 is 5.97 Å². The molecule has 3 aliphatic rings. The van der Waals surface area contributed by atoms with Crippen molar-refractivity contribution in [3.8, 4) is 5.88 Å². The Kier molecular flexibility index (Phi) is 6.03. The molecule has 210 valence electrons. The summed E-state index contributed by atoms with van der Waals surface area (Å²) in [5, 5.41) is 4.90. The Labute approximate surface area is 233 Å². The average molecular weight is 545 g/mol. The van der Waals surface area contributed by atoms with Gasteiger partial charge in [-0.25, -0.2) is 19.7 Å². The van der Waals surface area contributed by atoms with E-state index in [2.05, 4.69) is 22.2 Å². The molecule has 3 aromatic heterocycles. The molecule has 40 heavy (non-hydrogen) atoms. The highest BCUT2D eigenvalue weighted by Gasteiger charge is 2.45. The number of nitrogens with two attached hydrogens (primary N) is 1. The van der Waals surface area contributed by atoms with Crippen molar-refractivity contribution in [3.63, 3.8) is 0 Å². The van der Waals surface area contributed by atoms with Crippen LogP contribution in [0.2, 0.25) is 0 Å². The van der Waals surface area contributed by atoms with Gasteiger partial charge in [0.25, 0.3) is 0 Å². The molecule has 0 spiro atoms. The molecular weight excluding hydrogens is 508 g/mol. The number of anilines is 2. The first-order chi connectivity index (χ1) is 18.8. The number of nitrogens with zero attached hydrogens (tertiary/aromatic N) is 4. The normalized spacial score (nSPS) is 23.7. The fraction of sp³-hybridized carbons (Fsp3) is 0.500. The van der Waals surface area contributed by atoms with Gasteiger partial charge in [-0.05, 0) is 69.2 Å². The zero-order chi connectivity index (χ0) is 28.6. The first kappa shape index (κ1) is 26.4. The molecule has 3 aromatic rings. The van der Waals surface area contributed by atoms with Crippen molar-refractivity contribution < 1.29 is 19.1 Å². The summed E-state index contributed by atoms with van der Waals surface area (Å²) in [6.07, 6.45) is 4.35. The second-order valence-corrected chi connectivity index (χ2v) is 12.6. The van der Waals surface area contributed by atoms with E-state index in [0.717, 1.165) is 22.8 Å². The Balaban J connectivity index is 1.27. The van der Waals surface area contributed by atoms with Gasteiger partial charge in [0.05, 0.1) is 29.7 Å². The average Bonchev–Trinajstić information content (AvgIpc) is 3.59. The number of nitrogens with one attached hydrogen (secondary N) is 1. The molecule has 5 heterocycles. The van der Waals surface area contributed by atoms with Gasteiger partial charge in [0.2, 0.25) is 11.8 Å². The number of rotatable bonds is 6. The lowest BCUT2D eigenvalue weighted by Gasteiger charge is -2.39. The number of carbonyl (C=O) groups excluding carboxylic acids is 2. The molecule has 1 saturated carbocycles. The van der Waals surface area contributed by atoms with Crippen LogP contribution in [0.1, 0.15) is 75.5 Å². The van der Waals surface area contributed by atoms with Gasteiger partial charge in [0, 0.05) is 29.8 Å². The number of carbonyl (C=O) groups is 2. The fourth-order valence-corrected chi connectivity index (χ4v) is 5.43. The molecule has 1 saturated heterocycles. The summed E-state index contributed by atoms with van der Waals surface area (Å²) in [5.74, 6) is 2.08. The minimum atomic E-state index is -0.658. The smallest absolute Gasteiger partial charge is 0.340 e. The van der Waals surface area contributed by atoms with Crippen LogP contribution < -0.4 is 15.8 Å². The van der Waals surface area contributed by atoms with Gasteiger partial charge < -0.3 is 25.4 Å². The fourth-order valence-electron chi connectivity index (χ4n) is 5.43. The van der Waals surface area contributed by atoms with Crippen molar-refractivity contribution in [3.05, 3.63) is 47.4 Å². The van der Waals surface area contributed by atoms with Crippen LogP contribution in [-0.4, -0.2) is 56.5 Å². The Morgan fingerprint density at radius 2 is 1.88 bits per heavy atom. The highest BCUT2D eigenvalue weighted by Crippen LogP contribution is 2.41. The van der Waals surface area contributed by atoms with E-state index in [-0.39, 0.29) is 29.8 Å². The molecule has 0 aromatic carbocycles. The molecule has 3 atom stereocenters. The standard InChI is InChI=1S/C30H36N6O4/c1-15-9-19(15)27(37)36-13-17(14-36)39-26-21-11-32-24(10-20(21)22(12-33-26)29(3,4)31)34-23-8-7-18-25(35-23)16(2)30(5,6)40-28(18)38/h7-8,10-12,15-17,19H,9,13-14,31H2,1-6H3,(H,32,34,35)/t15-,16-,19+/m1/s1. The lowest BCUT2D eigenvalue weighted by molar-refractivity contribution is -0.141. The van der Waals surface area contributed by atoms with Gasteiger partial charge in [-0.3, -0.25) is 4.79 Å². The van der Waals surface area contributed by atoms with Crippen molar-refractivity contribution in [1.29, 1.82) is 0 Å². The van der Waals surface area contributed by atoms with Crippen LogP contribution >= 0.6 is 0 Å². The third-order valence-electron chi connectivity index (χ3n) is 8.50. The molecule has 10 nitrogen and oxygen atoms in total. The first-order valence-corrected chi connectivity index (χ1v) is 13.9. The van der Waals surface area contributed by atoms with Gasteiger partial charge in [-0.1, -0.05) is 13.8 Å². The highest BCUT2D eigenvalue weighted by atomic mass is 16.6. The zero-order valence-electron chi connectivity index (χ0n) is 23.8. The van der Waals surface area contributed by atoms with Crippen molar-refractivity contribution in [1.82, 2.24) is 19.9 Å². The maximum absolute atomic E-state index is 12.5. The Morgan fingerprint density at radius 1 is 1.15 bits per heavy atom. The maximum atomic E-state index is 12.5. The number of esters is 1. The van der Waals surface area contributed by atoms with E-state index in [1.54, 1.807) is 24.5 Å². The number of ether oxygens (including phenoxy) is 2. The molecule has 3 N–H and O–H groups in total. The Hall–Kier alpha value is -3.79. The molecule has 0 unspecified atom stereocenters. The first-order valence-electron chi connectivity index (χ1n) is 13.9. The zero-order valence-corrected chi connectivity index (χ0v) is 23.8. The topological polar surface area (TPSA) is 133 Å². The number of likely N-dealkylation sites (tertiary alicyclic amines) is 1. The number of aromatic nitrogens is 3. The van der Waals surface area contributed by atoms with Crippen molar-refractivity contribution in [2.45, 2.75) is 71.1 Å². The van der Waals surface area contributed by atoms with E-state index in [0.29, 0.717) is 47.8 Å². The van der Waals surface area contributed by atoms with Crippen LogP contribution in [0, 0.1) is 11.8 Å². The lowest BCUT2D eigenvalue weighted by Crippen LogP contribution is -2.56. The number of cyclic esters (lactones) is 1. The third kappa shape index (κ3) is 4.64. The van der Waals surface area contributed by atoms with Crippen molar-refractivity contribution >= 4 is 34.3 Å². The number of hydrogen-bond donors (Lipinski definition) is 2.